The summed E-state index contributed by atoms with van der Waals surface area (Å²) < 4.78 is 0. The molecule has 0 radical (unpaired) electrons. The van der Waals surface area contributed by atoms with Crippen molar-refractivity contribution in [2.24, 2.45) is 11.8 Å². The van der Waals surface area contributed by atoms with E-state index in [2.05, 4.69) is 5.32 Å². The van der Waals surface area contributed by atoms with Gasteiger partial charge in [0.1, 0.15) is 6.29 Å². The Balaban J connectivity index is 3.72. The van der Waals surface area contributed by atoms with Crippen LogP contribution in [0.2, 0.25) is 0 Å². The van der Waals surface area contributed by atoms with E-state index in [0.29, 0.717) is 18.8 Å². The van der Waals surface area contributed by atoms with E-state index in [4.69, 9.17) is 0 Å². The van der Waals surface area contributed by atoms with Crippen LogP contribution in [0.1, 0.15) is 26.7 Å². The first-order valence-electron chi connectivity index (χ1n) is 4.27. The van der Waals surface area contributed by atoms with Crippen LogP contribution < -0.4 is 5.32 Å². The van der Waals surface area contributed by atoms with Crippen LogP contribution in [0.4, 0.5) is 0 Å². The van der Waals surface area contributed by atoms with E-state index in [9.17, 15) is 9.59 Å². The standard InChI is InChI=1S/C9H17NO2/c1-7(2)8(6-11)4-5-9(12)10-3/h6-8H,4-5H2,1-3H3,(H,10,12). The van der Waals surface area contributed by atoms with Gasteiger partial charge in [-0.1, -0.05) is 13.8 Å². The lowest BCUT2D eigenvalue weighted by molar-refractivity contribution is -0.121. The van der Waals surface area contributed by atoms with E-state index < -0.39 is 0 Å². The van der Waals surface area contributed by atoms with Gasteiger partial charge in [0.05, 0.1) is 0 Å². The summed E-state index contributed by atoms with van der Waals surface area (Å²) >= 11 is 0. The van der Waals surface area contributed by atoms with Gasteiger partial charge in [-0.25, -0.2) is 0 Å². The Hall–Kier alpha value is -0.860. The zero-order valence-electron chi connectivity index (χ0n) is 7.96. The molecular formula is C9H17NO2. The van der Waals surface area contributed by atoms with Crippen molar-refractivity contribution in [1.82, 2.24) is 5.32 Å². The first-order valence-corrected chi connectivity index (χ1v) is 4.27. The highest BCUT2D eigenvalue weighted by atomic mass is 16.1. The molecule has 0 heterocycles. The Morgan fingerprint density at radius 1 is 1.50 bits per heavy atom. The maximum atomic E-state index is 10.8. The molecule has 1 atom stereocenters. The fraction of sp³-hybridized carbons (Fsp3) is 0.778. The third-order valence-electron chi connectivity index (χ3n) is 2.01. The summed E-state index contributed by atoms with van der Waals surface area (Å²) in [6.07, 6.45) is 2.03. The fourth-order valence-corrected chi connectivity index (χ4v) is 0.981. The second kappa shape index (κ2) is 5.75. The van der Waals surface area contributed by atoms with Crippen LogP contribution in [0.25, 0.3) is 0 Å². The van der Waals surface area contributed by atoms with Gasteiger partial charge in [-0.2, -0.15) is 0 Å². The molecule has 0 saturated carbocycles. The highest BCUT2D eigenvalue weighted by Crippen LogP contribution is 2.13. The SMILES string of the molecule is CNC(=O)CCC(C=O)C(C)C. The molecule has 0 aliphatic carbocycles. The van der Waals surface area contributed by atoms with Gasteiger partial charge in [-0.3, -0.25) is 4.79 Å². The molecule has 0 bridgehead atoms. The molecule has 0 rings (SSSR count). The smallest absolute Gasteiger partial charge is 0.219 e. The zero-order chi connectivity index (χ0) is 9.56. The predicted molar refractivity (Wildman–Crippen MR) is 47.7 cm³/mol. The number of aldehydes is 1. The largest absolute Gasteiger partial charge is 0.359 e. The van der Waals surface area contributed by atoms with E-state index >= 15 is 0 Å². The van der Waals surface area contributed by atoms with Crippen LogP contribution in [0.3, 0.4) is 0 Å². The first kappa shape index (κ1) is 11.1. The van der Waals surface area contributed by atoms with Crippen LogP contribution >= 0.6 is 0 Å². The van der Waals surface area contributed by atoms with Gasteiger partial charge >= 0.3 is 0 Å². The summed E-state index contributed by atoms with van der Waals surface area (Å²) in [7, 11) is 1.60. The highest BCUT2D eigenvalue weighted by molar-refractivity contribution is 5.75. The van der Waals surface area contributed by atoms with Crippen LogP contribution in [0.15, 0.2) is 0 Å². The van der Waals surface area contributed by atoms with Crippen molar-refractivity contribution in [3.8, 4) is 0 Å². The molecule has 1 amide bonds. The van der Waals surface area contributed by atoms with Crippen molar-refractivity contribution < 1.29 is 9.59 Å². The van der Waals surface area contributed by atoms with Crippen molar-refractivity contribution in [2.45, 2.75) is 26.7 Å². The van der Waals surface area contributed by atoms with Crippen LogP contribution in [0.5, 0.6) is 0 Å². The number of carbonyl (C=O) groups excluding carboxylic acids is 2. The van der Waals surface area contributed by atoms with Gasteiger partial charge in [0.25, 0.3) is 0 Å². The molecule has 3 heteroatoms. The van der Waals surface area contributed by atoms with E-state index in [1.54, 1.807) is 7.05 Å². The summed E-state index contributed by atoms with van der Waals surface area (Å²) in [5.41, 5.74) is 0. The second-order valence-electron chi connectivity index (χ2n) is 3.26. The summed E-state index contributed by atoms with van der Waals surface area (Å²) in [5, 5.41) is 2.53. The van der Waals surface area contributed by atoms with Crippen molar-refractivity contribution in [3.63, 3.8) is 0 Å². The van der Waals surface area contributed by atoms with Gasteiger partial charge < -0.3 is 10.1 Å². The van der Waals surface area contributed by atoms with Crippen LogP contribution in [-0.4, -0.2) is 19.2 Å². The molecule has 1 N–H and O–H groups in total. The van der Waals surface area contributed by atoms with Gasteiger partial charge in [0.2, 0.25) is 5.91 Å². The molecule has 0 aromatic carbocycles. The summed E-state index contributed by atoms with van der Waals surface area (Å²) in [6, 6.07) is 0. The average Bonchev–Trinajstić information content (AvgIpc) is 2.04. The van der Waals surface area contributed by atoms with Gasteiger partial charge in [0.15, 0.2) is 0 Å². The predicted octanol–water partition coefficient (Wildman–Crippen LogP) is 0.984. The molecule has 70 valence electrons. The monoisotopic (exact) mass is 171 g/mol. The Bertz CT molecular complexity index is 155. The number of hydrogen-bond donors (Lipinski definition) is 1. The second-order valence-corrected chi connectivity index (χ2v) is 3.26. The normalized spacial score (nSPS) is 12.7. The Kier molecular flexibility index (Phi) is 5.34. The quantitative estimate of drug-likeness (QED) is 0.627. The van der Waals surface area contributed by atoms with Crippen LogP contribution in [0, 0.1) is 11.8 Å². The van der Waals surface area contributed by atoms with Crippen molar-refractivity contribution in [3.05, 3.63) is 0 Å². The molecule has 0 saturated heterocycles. The number of rotatable bonds is 5. The average molecular weight is 171 g/mol. The maximum Gasteiger partial charge on any atom is 0.219 e. The third-order valence-corrected chi connectivity index (χ3v) is 2.01. The summed E-state index contributed by atoms with van der Waals surface area (Å²) in [5.74, 6) is 0.344. The third kappa shape index (κ3) is 4.11. The number of nitrogens with one attached hydrogen (secondary N) is 1. The Morgan fingerprint density at radius 2 is 2.08 bits per heavy atom. The number of amides is 1. The Labute approximate surface area is 73.5 Å². The maximum absolute atomic E-state index is 10.8. The molecular weight excluding hydrogens is 154 g/mol. The topological polar surface area (TPSA) is 46.2 Å². The molecule has 1 unspecified atom stereocenters. The minimum absolute atomic E-state index is 0.00231. The van der Waals surface area contributed by atoms with Crippen molar-refractivity contribution in [1.29, 1.82) is 0 Å². The molecule has 3 nitrogen and oxygen atoms in total. The van der Waals surface area contributed by atoms with E-state index in [1.807, 2.05) is 13.8 Å². The lowest BCUT2D eigenvalue weighted by Gasteiger charge is -2.12. The van der Waals surface area contributed by atoms with Crippen molar-refractivity contribution in [2.75, 3.05) is 7.05 Å². The van der Waals surface area contributed by atoms with Gasteiger partial charge in [-0.05, 0) is 12.3 Å². The highest BCUT2D eigenvalue weighted by Gasteiger charge is 2.13. The van der Waals surface area contributed by atoms with E-state index in [1.165, 1.54) is 0 Å². The fourth-order valence-electron chi connectivity index (χ4n) is 0.981. The number of hydrogen-bond acceptors (Lipinski definition) is 2. The molecule has 0 aromatic heterocycles. The minimum Gasteiger partial charge on any atom is -0.359 e. The lowest BCUT2D eigenvalue weighted by Crippen LogP contribution is -2.20. The molecule has 0 aliphatic rings. The minimum atomic E-state index is 0.00231. The van der Waals surface area contributed by atoms with Gasteiger partial charge in [0, 0.05) is 19.4 Å². The van der Waals surface area contributed by atoms with E-state index in [-0.39, 0.29) is 11.8 Å². The molecule has 12 heavy (non-hydrogen) atoms. The number of carbonyl (C=O) groups is 2. The summed E-state index contributed by atoms with van der Waals surface area (Å²) in [4.78, 5) is 21.3. The van der Waals surface area contributed by atoms with Crippen LogP contribution in [-0.2, 0) is 9.59 Å². The molecule has 0 spiro atoms. The zero-order valence-corrected chi connectivity index (χ0v) is 7.96. The molecule has 0 fully saturated rings. The lowest BCUT2D eigenvalue weighted by atomic mass is 9.93. The Morgan fingerprint density at radius 3 is 2.42 bits per heavy atom. The molecule has 0 aliphatic heterocycles. The summed E-state index contributed by atoms with van der Waals surface area (Å²) in [6.45, 7) is 3.98. The van der Waals surface area contributed by atoms with Crippen molar-refractivity contribution >= 4 is 12.2 Å². The van der Waals surface area contributed by atoms with E-state index in [0.717, 1.165) is 6.29 Å². The molecule has 0 aromatic rings. The first-order chi connectivity index (χ1) is 5.61. The van der Waals surface area contributed by atoms with Gasteiger partial charge in [-0.15, -0.1) is 0 Å².